The molecular formula is C11H14BrNO3. The highest BCUT2D eigenvalue weighted by molar-refractivity contribution is 9.10. The Balaban J connectivity index is 2.23. The average Bonchev–Trinajstić information content (AvgIpc) is 2.29. The van der Waals surface area contributed by atoms with Crippen molar-refractivity contribution < 1.29 is 14.3 Å². The molecule has 88 valence electrons. The van der Waals surface area contributed by atoms with Gasteiger partial charge in [0, 0.05) is 11.0 Å². The summed E-state index contributed by atoms with van der Waals surface area (Å²) >= 11 is 3.33. The van der Waals surface area contributed by atoms with Crippen LogP contribution in [0, 0.1) is 0 Å². The van der Waals surface area contributed by atoms with Crippen LogP contribution in [0.2, 0.25) is 0 Å². The van der Waals surface area contributed by atoms with Gasteiger partial charge in [-0.3, -0.25) is 0 Å². The molecule has 5 heteroatoms. The quantitative estimate of drug-likeness (QED) is 0.636. The molecule has 0 aliphatic rings. The van der Waals surface area contributed by atoms with Crippen LogP contribution in [0.5, 0.6) is 0 Å². The molecule has 0 aromatic heterocycles. The van der Waals surface area contributed by atoms with Crippen molar-refractivity contribution in [2.45, 2.75) is 6.61 Å². The Kier molecular flexibility index (Phi) is 6.07. The van der Waals surface area contributed by atoms with Crippen molar-refractivity contribution in [2.75, 3.05) is 19.8 Å². The minimum Gasteiger partial charge on any atom is -0.459 e. The number of ether oxygens (including phenoxy) is 2. The molecule has 0 atom stereocenters. The molecule has 0 amide bonds. The molecular weight excluding hydrogens is 274 g/mol. The third-order valence-corrected chi connectivity index (χ3v) is 2.32. The van der Waals surface area contributed by atoms with Crippen molar-refractivity contribution in [2.24, 2.45) is 5.73 Å². The van der Waals surface area contributed by atoms with Gasteiger partial charge in [-0.15, -0.1) is 0 Å². The Bertz CT molecular complexity index is 327. The fourth-order valence-corrected chi connectivity index (χ4v) is 1.29. The number of nitrogens with two attached hydrogens (primary N) is 1. The summed E-state index contributed by atoms with van der Waals surface area (Å²) in [5.74, 6) is -0.378. The second-order valence-corrected chi connectivity index (χ2v) is 4.04. The van der Waals surface area contributed by atoms with Gasteiger partial charge in [0.05, 0.1) is 6.61 Å². The molecule has 2 N–H and O–H groups in total. The van der Waals surface area contributed by atoms with E-state index < -0.39 is 0 Å². The summed E-state index contributed by atoms with van der Waals surface area (Å²) in [5.41, 5.74) is 6.15. The fraction of sp³-hybridized carbons (Fsp3) is 0.364. The Morgan fingerprint density at radius 1 is 1.31 bits per heavy atom. The lowest BCUT2D eigenvalue weighted by Gasteiger charge is -2.05. The third kappa shape index (κ3) is 5.25. The number of carbonyl (C=O) groups excluding carboxylic acids is 1. The van der Waals surface area contributed by atoms with Crippen LogP contribution in [0.25, 0.3) is 0 Å². The summed E-state index contributed by atoms with van der Waals surface area (Å²) in [6, 6.07) is 7.57. The van der Waals surface area contributed by atoms with Gasteiger partial charge in [0.2, 0.25) is 0 Å². The van der Waals surface area contributed by atoms with Crippen molar-refractivity contribution in [1.82, 2.24) is 0 Å². The normalized spacial score (nSPS) is 10.1. The number of hydrogen-bond donors (Lipinski definition) is 1. The first-order chi connectivity index (χ1) is 7.72. The lowest BCUT2D eigenvalue weighted by Crippen LogP contribution is -2.16. The number of hydrogen-bond acceptors (Lipinski definition) is 4. The highest BCUT2D eigenvalue weighted by Gasteiger charge is 2.02. The summed E-state index contributed by atoms with van der Waals surface area (Å²) < 4.78 is 10.9. The molecule has 0 saturated heterocycles. The van der Waals surface area contributed by atoms with E-state index in [4.69, 9.17) is 15.2 Å². The number of benzene rings is 1. The Hall–Kier alpha value is -0.910. The molecule has 1 rings (SSSR count). The van der Waals surface area contributed by atoms with Gasteiger partial charge in [-0.25, -0.2) is 4.79 Å². The fourth-order valence-electron chi connectivity index (χ4n) is 1.02. The van der Waals surface area contributed by atoms with Crippen molar-refractivity contribution in [3.05, 3.63) is 34.3 Å². The first-order valence-corrected chi connectivity index (χ1v) is 5.69. The maximum absolute atomic E-state index is 11.2. The zero-order valence-corrected chi connectivity index (χ0v) is 10.4. The standard InChI is InChI=1S/C11H14BrNO3/c12-10-3-1-9(2-4-10)7-16-11(14)8-15-6-5-13/h1-4H,5-8,13H2. The molecule has 0 spiro atoms. The Labute approximate surface area is 103 Å². The molecule has 0 radical (unpaired) electrons. The summed E-state index contributed by atoms with van der Waals surface area (Å²) in [5, 5.41) is 0. The molecule has 1 aromatic carbocycles. The van der Waals surface area contributed by atoms with Gasteiger partial charge in [-0.2, -0.15) is 0 Å². The van der Waals surface area contributed by atoms with Gasteiger partial charge in [-0.1, -0.05) is 28.1 Å². The summed E-state index contributed by atoms with van der Waals surface area (Å²) in [6.45, 7) is 0.985. The van der Waals surface area contributed by atoms with E-state index in [2.05, 4.69) is 15.9 Å². The topological polar surface area (TPSA) is 61.5 Å². The summed E-state index contributed by atoms with van der Waals surface area (Å²) in [4.78, 5) is 11.2. The Morgan fingerprint density at radius 3 is 2.62 bits per heavy atom. The molecule has 0 aliphatic carbocycles. The van der Waals surface area contributed by atoms with Crippen molar-refractivity contribution >= 4 is 21.9 Å². The maximum atomic E-state index is 11.2. The zero-order chi connectivity index (χ0) is 11.8. The van der Waals surface area contributed by atoms with E-state index in [1.807, 2.05) is 24.3 Å². The van der Waals surface area contributed by atoms with E-state index in [0.717, 1.165) is 10.0 Å². The van der Waals surface area contributed by atoms with Gasteiger partial charge in [0.25, 0.3) is 0 Å². The van der Waals surface area contributed by atoms with E-state index >= 15 is 0 Å². The van der Waals surface area contributed by atoms with Crippen LogP contribution in [0.1, 0.15) is 5.56 Å². The van der Waals surface area contributed by atoms with Crippen LogP contribution in [-0.2, 0) is 20.9 Å². The van der Waals surface area contributed by atoms with Crippen molar-refractivity contribution in [3.8, 4) is 0 Å². The first-order valence-electron chi connectivity index (χ1n) is 4.90. The van der Waals surface area contributed by atoms with Crippen LogP contribution in [0.3, 0.4) is 0 Å². The van der Waals surface area contributed by atoms with E-state index in [1.54, 1.807) is 0 Å². The lowest BCUT2D eigenvalue weighted by molar-refractivity contribution is -0.150. The van der Waals surface area contributed by atoms with Gasteiger partial charge in [-0.05, 0) is 17.7 Å². The highest BCUT2D eigenvalue weighted by Crippen LogP contribution is 2.11. The molecule has 16 heavy (non-hydrogen) atoms. The number of rotatable bonds is 6. The van der Waals surface area contributed by atoms with Crippen LogP contribution >= 0.6 is 15.9 Å². The third-order valence-electron chi connectivity index (χ3n) is 1.80. The average molecular weight is 288 g/mol. The van der Waals surface area contributed by atoms with E-state index in [0.29, 0.717) is 13.2 Å². The van der Waals surface area contributed by atoms with E-state index in [9.17, 15) is 4.79 Å². The molecule has 0 fully saturated rings. The zero-order valence-electron chi connectivity index (χ0n) is 8.82. The smallest absolute Gasteiger partial charge is 0.332 e. The van der Waals surface area contributed by atoms with Crippen LogP contribution in [-0.4, -0.2) is 25.7 Å². The minimum atomic E-state index is -0.378. The summed E-state index contributed by atoms with van der Waals surface area (Å²) in [7, 11) is 0. The van der Waals surface area contributed by atoms with Crippen LogP contribution in [0.15, 0.2) is 28.7 Å². The molecule has 0 aliphatic heterocycles. The van der Waals surface area contributed by atoms with Crippen molar-refractivity contribution in [1.29, 1.82) is 0 Å². The number of carbonyl (C=O) groups is 1. The van der Waals surface area contributed by atoms with Crippen LogP contribution < -0.4 is 5.73 Å². The van der Waals surface area contributed by atoms with Crippen LogP contribution in [0.4, 0.5) is 0 Å². The SMILES string of the molecule is NCCOCC(=O)OCc1ccc(Br)cc1. The molecule has 0 heterocycles. The van der Waals surface area contributed by atoms with Gasteiger partial charge in [0.1, 0.15) is 13.2 Å². The second kappa shape index (κ2) is 7.38. The first kappa shape index (κ1) is 13.2. The summed E-state index contributed by atoms with van der Waals surface area (Å²) in [6.07, 6.45) is 0. The van der Waals surface area contributed by atoms with Gasteiger partial charge < -0.3 is 15.2 Å². The van der Waals surface area contributed by atoms with E-state index in [-0.39, 0.29) is 19.2 Å². The van der Waals surface area contributed by atoms with Gasteiger partial charge >= 0.3 is 5.97 Å². The predicted molar refractivity (Wildman–Crippen MR) is 63.8 cm³/mol. The lowest BCUT2D eigenvalue weighted by atomic mass is 10.2. The molecule has 4 nitrogen and oxygen atoms in total. The Morgan fingerprint density at radius 2 is 2.00 bits per heavy atom. The number of halogens is 1. The molecule has 1 aromatic rings. The second-order valence-electron chi connectivity index (χ2n) is 3.13. The molecule has 0 saturated carbocycles. The maximum Gasteiger partial charge on any atom is 0.332 e. The minimum absolute atomic E-state index is 0.0479. The molecule has 0 unspecified atom stereocenters. The van der Waals surface area contributed by atoms with E-state index in [1.165, 1.54) is 0 Å². The monoisotopic (exact) mass is 287 g/mol. The van der Waals surface area contributed by atoms with Gasteiger partial charge in [0.15, 0.2) is 0 Å². The number of esters is 1. The van der Waals surface area contributed by atoms with Crippen molar-refractivity contribution in [3.63, 3.8) is 0 Å². The largest absolute Gasteiger partial charge is 0.459 e. The molecule has 0 bridgehead atoms. The highest BCUT2D eigenvalue weighted by atomic mass is 79.9. The predicted octanol–water partition coefficient (Wildman–Crippen LogP) is 1.47.